The van der Waals surface area contributed by atoms with Crippen molar-refractivity contribution in [3.63, 3.8) is 0 Å². The average molecular weight is 500 g/mol. The van der Waals surface area contributed by atoms with Gasteiger partial charge in [0.1, 0.15) is 0 Å². The molecule has 2 atom stereocenters. The quantitative estimate of drug-likeness (QED) is 0.637. The normalized spacial score (nSPS) is 12.5. The first kappa shape index (κ1) is 21.8. The van der Waals surface area contributed by atoms with Crippen LogP contribution in [0.5, 0.6) is 0 Å². The van der Waals surface area contributed by atoms with E-state index in [0.29, 0.717) is 6.42 Å². The Morgan fingerprint density at radius 2 is 1.78 bits per heavy atom. The third-order valence-electron chi connectivity index (χ3n) is 2.78. The fourth-order valence-electron chi connectivity index (χ4n) is 1.91. The number of aliphatic hydroxyl groups is 2. The van der Waals surface area contributed by atoms with Crippen molar-refractivity contribution < 1.29 is 35.7 Å². The van der Waals surface area contributed by atoms with Gasteiger partial charge in [-0.3, -0.25) is 9.37 Å². The Bertz CT molecular complexity index is 584. The van der Waals surface area contributed by atoms with Crippen molar-refractivity contribution in [1.82, 2.24) is 9.97 Å². The first-order valence-corrected chi connectivity index (χ1v) is 7.13. The fraction of sp³-hybridized carbons (Fsp3) is 0.412. The summed E-state index contributed by atoms with van der Waals surface area (Å²) in [6.45, 7) is 7.09. The van der Waals surface area contributed by atoms with Crippen molar-refractivity contribution in [3.05, 3.63) is 47.7 Å². The van der Waals surface area contributed by atoms with E-state index in [4.69, 9.17) is 10.2 Å². The number of halogens is 1. The second kappa shape index (κ2) is 10.6. The number of rotatable bonds is 3. The zero-order valence-electron chi connectivity index (χ0n) is 13.7. The molecule has 0 bridgehead atoms. The van der Waals surface area contributed by atoms with E-state index < -0.39 is 0 Å². The van der Waals surface area contributed by atoms with E-state index in [9.17, 15) is 4.39 Å². The number of benzene rings is 1. The molecule has 2 rings (SSSR count). The maximum Gasteiger partial charge on any atom is 0.0539 e. The van der Waals surface area contributed by atoms with Crippen molar-refractivity contribution in [2.45, 2.75) is 46.3 Å². The summed E-state index contributed by atoms with van der Waals surface area (Å²) in [7, 11) is 0. The van der Waals surface area contributed by atoms with Crippen LogP contribution in [0.25, 0.3) is 11.3 Å². The van der Waals surface area contributed by atoms with Gasteiger partial charge in [-0.2, -0.15) is 0 Å². The molecule has 2 unspecified atom stereocenters. The van der Waals surface area contributed by atoms with Gasteiger partial charge in [-0.25, -0.2) is 0 Å². The third-order valence-corrected chi connectivity index (χ3v) is 2.78. The van der Waals surface area contributed by atoms with Gasteiger partial charge in [0.2, 0.25) is 0 Å². The Morgan fingerprint density at radius 3 is 2.17 bits per heavy atom. The van der Waals surface area contributed by atoms with Crippen LogP contribution in [0.2, 0.25) is 0 Å². The van der Waals surface area contributed by atoms with Crippen molar-refractivity contribution in [2.75, 3.05) is 0 Å². The average Bonchev–Trinajstić information content (AvgIpc) is 2.39. The van der Waals surface area contributed by atoms with Crippen LogP contribution in [0.1, 0.15) is 31.7 Å². The Hall–Kier alpha value is -1.16. The van der Waals surface area contributed by atoms with Crippen molar-refractivity contribution in [3.8, 4) is 11.3 Å². The molecule has 0 saturated carbocycles. The molecule has 0 saturated heterocycles. The molecular weight excluding hydrogens is 478 g/mol. The van der Waals surface area contributed by atoms with Crippen LogP contribution in [0, 0.1) is 25.7 Å². The van der Waals surface area contributed by atoms with E-state index in [2.05, 4.69) is 16.0 Å². The zero-order chi connectivity index (χ0) is 16.7. The summed E-state index contributed by atoms with van der Waals surface area (Å²) in [5, 5.41) is 17.1. The summed E-state index contributed by atoms with van der Waals surface area (Å²) >= 11 is 0. The van der Waals surface area contributed by atoms with Crippen LogP contribution in [-0.4, -0.2) is 32.4 Å². The minimum absolute atomic E-state index is 0. The Labute approximate surface area is 151 Å². The molecule has 0 aliphatic heterocycles. The van der Waals surface area contributed by atoms with Crippen molar-refractivity contribution in [1.29, 1.82) is 0 Å². The van der Waals surface area contributed by atoms with E-state index in [-0.39, 0.29) is 39.1 Å². The van der Waals surface area contributed by atoms with Crippen LogP contribution in [0.4, 0.5) is 4.39 Å². The van der Waals surface area contributed by atoms with Gasteiger partial charge in [0, 0.05) is 44.5 Å². The molecule has 23 heavy (non-hydrogen) atoms. The predicted molar refractivity (Wildman–Crippen MR) is 83.7 cm³/mol. The van der Waals surface area contributed by atoms with Gasteiger partial charge in [0.25, 0.3) is 0 Å². The van der Waals surface area contributed by atoms with E-state index in [1.54, 1.807) is 26.1 Å². The summed E-state index contributed by atoms with van der Waals surface area (Å²) in [6.07, 6.45) is 1.42. The van der Waals surface area contributed by atoms with Gasteiger partial charge in [0.05, 0.1) is 17.9 Å². The molecule has 0 amide bonds. The summed E-state index contributed by atoms with van der Waals surface area (Å²) in [4.78, 5) is 8.56. The molecule has 1 aromatic carbocycles. The third kappa shape index (κ3) is 8.31. The van der Waals surface area contributed by atoms with Crippen LogP contribution < -0.4 is 0 Å². The molecule has 130 valence electrons. The second-order valence-corrected chi connectivity index (χ2v) is 5.30. The van der Waals surface area contributed by atoms with Gasteiger partial charge in [-0.1, -0.05) is 0 Å². The second-order valence-electron chi connectivity index (χ2n) is 5.30. The van der Waals surface area contributed by atoms with Gasteiger partial charge < -0.3 is 15.2 Å². The maximum absolute atomic E-state index is 12.7. The topological polar surface area (TPSA) is 66.2 Å². The molecule has 0 spiro atoms. The molecule has 0 radical (unpaired) electrons. The van der Waals surface area contributed by atoms with Gasteiger partial charge in [0.15, 0.2) is 0 Å². The summed E-state index contributed by atoms with van der Waals surface area (Å²) < 4.78 is 12.7. The van der Waals surface area contributed by atoms with E-state index >= 15 is 0 Å². The van der Waals surface area contributed by atoms with Crippen molar-refractivity contribution >= 4 is 0 Å². The van der Waals surface area contributed by atoms with E-state index in [1.807, 2.05) is 13.8 Å². The van der Waals surface area contributed by atoms with Gasteiger partial charge in [-0.15, -0.1) is 29.8 Å². The number of aryl methyl sites for hydroxylation is 2. The standard InChI is InChI=1S/C12H10FN2.C5H12O2.Pt/c1-8-7-14-12(9(2)15-8)10-3-5-11(13)6-4-10;1-4(6)3-5(2)7;/h3,5-7H,1-2H3;4-7H,3H2,1-2H3;/q-1;;. The van der Waals surface area contributed by atoms with Crippen LogP contribution in [-0.2, 0) is 21.1 Å². The summed E-state index contributed by atoms with van der Waals surface area (Å²) in [6, 6.07) is 7.19. The van der Waals surface area contributed by atoms with E-state index in [0.717, 1.165) is 22.6 Å². The molecule has 2 N–H and O–H groups in total. The number of aromatic nitrogens is 2. The van der Waals surface area contributed by atoms with Crippen LogP contribution in [0.15, 0.2) is 24.4 Å². The molecule has 0 fully saturated rings. The monoisotopic (exact) mass is 500 g/mol. The van der Waals surface area contributed by atoms with Crippen LogP contribution in [0.3, 0.4) is 0 Å². The van der Waals surface area contributed by atoms with Crippen LogP contribution >= 0.6 is 0 Å². The molecule has 1 aromatic heterocycles. The number of nitrogens with zero attached hydrogens (tertiary/aromatic N) is 2. The van der Waals surface area contributed by atoms with Gasteiger partial charge >= 0.3 is 0 Å². The first-order chi connectivity index (χ1) is 10.3. The molecule has 0 aliphatic carbocycles. The number of aliphatic hydroxyl groups excluding tert-OH is 2. The summed E-state index contributed by atoms with van der Waals surface area (Å²) in [5.41, 5.74) is 3.22. The Morgan fingerprint density at radius 1 is 1.17 bits per heavy atom. The smallest absolute Gasteiger partial charge is 0.0539 e. The first-order valence-electron chi connectivity index (χ1n) is 7.13. The Kier molecular flexibility index (Phi) is 10.0. The molecular formula is C17H22FN2O2Pt-. The molecule has 0 aliphatic rings. The molecule has 2 aromatic rings. The fourth-order valence-corrected chi connectivity index (χ4v) is 1.91. The SMILES string of the molecule is CC(O)CC(C)O.Cc1cnc(-c2[c-]cc(F)cc2)c(C)n1.[Pt]. The van der Waals surface area contributed by atoms with Gasteiger partial charge in [-0.05, 0) is 34.1 Å². The zero-order valence-corrected chi connectivity index (χ0v) is 15.9. The molecule has 1 heterocycles. The van der Waals surface area contributed by atoms with Crippen molar-refractivity contribution in [2.24, 2.45) is 0 Å². The molecule has 6 heteroatoms. The number of hydrogen-bond acceptors (Lipinski definition) is 4. The largest absolute Gasteiger partial charge is 0.393 e. The predicted octanol–water partition coefficient (Wildman–Crippen LogP) is 2.84. The summed E-state index contributed by atoms with van der Waals surface area (Å²) in [5.74, 6) is -0.295. The Balaban J connectivity index is 0.000000522. The number of hydrogen-bond donors (Lipinski definition) is 2. The molecule has 4 nitrogen and oxygen atoms in total. The minimum atomic E-state index is -0.375. The minimum Gasteiger partial charge on any atom is -0.393 e. The van der Waals surface area contributed by atoms with E-state index in [1.165, 1.54) is 12.1 Å². The maximum atomic E-state index is 12.7.